The van der Waals surface area contributed by atoms with Gasteiger partial charge in [0.25, 0.3) is 0 Å². The standard InChI is InChI=1S/C13H22O3.C4H10O/c1-5-9(3)11-10(6-2)7-8-13(4,16-11)12(14)15;1-3-4(2)5/h9H,5-8H2,1-4H3,(H,14,15);4-5H,3H2,1-2H3. The second-order valence-electron chi connectivity index (χ2n) is 6.03. The predicted molar refractivity (Wildman–Crippen MR) is 85.1 cm³/mol. The number of aliphatic hydroxyl groups excluding tert-OH is 1. The van der Waals surface area contributed by atoms with Crippen LogP contribution in [0.5, 0.6) is 0 Å². The Labute approximate surface area is 129 Å². The summed E-state index contributed by atoms with van der Waals surface area (Å²) in [7, 11) is 0. The number of hydrogen-bond acceptors (Lipinski definition) is 3. The van der Waals surface area contributed by atoms with E-state index in [-0.39, 0.29) is 6.10 Å². The summed E-state index contributed by atoms with van der Waals surface area (Å²) in [5.74, 6) is 0.374. The van der Waals surface area contributed by atoms with Crippen LogP contribution in [0.15, 0.2) is 11.3 Å². The zero-order valence-electron chi connectivity index (χ0n) is 14.4. The molecule has 124 valence electrons. The Morgan fingerprint density at radius 2 is 1.81 bits per heavy atom. The van der Waals surface area contributed by atoms with E-state index in [1.54, 1.807) is 13.8 Å². The zero-order chi connectivity index (χ0) is 16.6. The molecule has 4 heteroatoms. The highest BCUT2D eigenvalue weighted by Crippen LogP contribution is 2.37. The van der Waals surface area contributed by atoms with Crippen LogP contribution >= 0.6 is 0 Å². The minimum Gasteiger partial charge on any atom is -0.480 e. The molecule has 0 saturated carbocycles. The van der Waals surface area contributed by atoms with Crippen molar-refractivity contribution < 1.29 is 19.7 Å². The van der Waals surface area contributed by atoms with Crippen LogP contribution in [-0.2, 0) is 9.53 Å². The van der Waals surface area contributed by atoms with Gasteiger partial charge in [0.2, 0.25) is 5.60 Å². The summed E-state index contributed by atoms with van der Waals surface area (Å²) >= 11 is 0. The number of aliphatic hydroxyl groups is 1. The molecule has 1 aliphatic heterocycles. The lowest BCUT2D eigenvalue weighted by atomic mass is 9.88. The summed E-state index contributed by atoms with van der Waals surface area (Å²) in [6.45, 7) is 11.7. The van der Waals surface area contributed by atoms with E-state index in [9.17, 15) is 9.90 Å². The lowest BCUT2D eigenvalue weighted by Gasteiger charge is -2.36. The number of rotatable bonds is 5. The van der Waals surface area contributed by atoms with Gasteiger partial charge >= 0.3 is 5.97 Å². The van der Waals surface area contributed by atoms with Gasteiger partial charge in [-0.2, -0.15) is 0 Å². The monoisotopic (exact) mass is 300 g/mol. The maximum atomic E-state index is 11.2. The Bertz CT molecular complexity index is 360. The van der Waals surface area contributed by atoms with Gasteiger partial charge in [0.1, 0.15) is 0 Å². The molecule has 0 aromatic rings. The second kappa shape index (κ2) is 9.08. The molecule has 1 heterocycles. The van der Waals surface area contributed by atoms with Crippen LogP contribution in [0.4, 0.5) is 0 Å². The fourth-order valence-electron chi connectivity index (χ4n) is 2.01. The smallest absolute Gasteiger partial charge is 0.347 e. The van der Waals surface area contributed by atoms with Crippen molar-refractivity contribution in [1.29, 1.82) is 0 Å². The first kappa shape index (κ1) is 20.0. The lowest BCUT2D eigenvalue weighted by Crippen LogP contribution is -2.41. The third-order valence-electron chi connectivity index (χ3n) is 4.12. The van der Waals surface area contributed by atoms with E-state index < -0.39 is 11.6 Å². The van der Waals surface area contributed by atoms with Crippen molar-refractivity contribution in [1.82, 2.24) is 0 Å². The van der Waals surface area contributed by atoms with E-state index in [1.165, 1.54) is 5.57 Å². The van der Waals surface area contributed by atoms with Gasteiger partial charge < -0.3 is 14.9 Å². The maximum Gasteiger partial charge on any atom is 0.347 e. The summed E-state index contributed by atoms with van der Waals surface area (Å²) in [5, 5.41) is 17.5. The van der Waals surface area contributed by atoms with Crippen molar-refractivity contribution in [3.8, 4) is 0 Å². The first-order valence-corrected chi connectivity index (χ1v) is 8.04. The van der Waals surface area contributed by atoms with Gasteiger partial charge in [0.15, 0.2) is 0 Å². The summed E-state index contributed by atoms with van der Waals surface area (Å²) in [6, 6.07) is 0. The van der Waals surface area contributed by atoms with Crippen LogP contribution in [0.2, 0.25) is 0 Å². The number of hydrogen-bond donors (Lipinski definition) is 2. The van der Waals surface area contributed by atoms with E-state index in [0.717, 1.165) is 31.4 Å². The largest absolute Gasteiger partial charge is 0.480 e. The summed E-state index contributed by atoms with van der Waals surface area (Å²) < 4.78 is 5.77. The number of carboxylic acids is 1. The SMILES string of the molecule is CCC(C)O.CCC1=C(C(C)CC)OC(C)(C(=O)O)CC1. The fraction of sp³-hybridized carbons (Fsp3) is 0.824. The van der Waals surface area contributed by atoms with Crippen molar-refractivity contribution in [3.05, 3.63) is 11.3 Å². The van der Waals surface area contributed by atoms with E-state index >= 15 is 0 Å². The number of ether oxygens (including phenoxy) is 1. The molecule has 0 aromatic heterocycles. The van der Waals surface area contributed by atoms with Crippen LogP contribution in [0, 0.1) is 5.92 Å². The Kier molecular flexibility index (Phi) is 8.64. The van der Waals surface area contributed by atoms with Gasteiger partial charge in [-0.3, -0.25) is 0 Å². The molecule has 0 saturated heterocycles. The van der Waals surface area contributed by atoms with Crippen LogP contribution in [0.25, 0.3) is 0 Å². The molecule has 3 unspecified atom stereocenters. The third-order valence-corrected chi connectivity index (χ3v) is 4.12. The minimum absolute atomic E-state index is 0.116. The van der Waals surface area contributed by atoms with E-state index in [0.29, 0.717) is 12.3 Å². The first-order chi connectivity index (χ1) is 9.71. The Morgan fingerprint density at radius 3 is 2.14 bits per heavy atom. The van der Waals surface area contributed by atoms with Gasteiger partial charge in [-0.15, -0.1) is 0 Å². The third kappa shape index (κ3) is 6.08. The van der Waals surface area contributed by atoms with E-state index in [2.05, 4.69) is 20.8 Å². The number of carbonyl (C=O) groups is 1. The number of aliphatic carboxylic acids is 1. The fourth-order valence-corrected chi connectivity index (χ4v) is 2.01. The number of carboxylic acid groups (broad SMARTS) is 1. The van der Waals surface area contributed by atoms with Gasteiger partial charge in [0.05, 0.1) is 11.9 Å². The molecule has 0 aliphatic carbocycles. The second-order valence-corrected chi connectivity index (χ2v) is 6.03. The van der Waals surface area contributed by atoms with Gasteiger partial charge in [-0.25, -0.2) is 4.79 Å². The molecule has 0 fully saturated rings. The summed E-state index contributed by atoms with van der Waals surface area (Å²) in [5.41, 5.74) is 0.255. The molecule has 4 nitrogen and oxygen atoms in total. The molecule has 0 radical (unpaired) electrons. The van der Waals surface area contributed by atoms with Crippen LogP contribution in [-0.4, -0.2) is 27.9 Å². The Morgan fingerprint density at radius 1 is 1.29 bits per heavy atom. The van der Waals surface area contributed by atoms with Crippen molar-refractivity contribution in [2.45, 2.75) is 85.4 Å². The molecule has 0 spiro atoms. The average Bonchev–Trinajstić information content (AvgIpc) is 2.46. The van der Waals surface area contributed by atoms with Crippen LogP contribution in [0.3, 0.4) is 0 Å². The molecular formula is C17H32O4. The maximum absolute atomic E-state index is 11.2. The molecular weight excluding hydrogens is 268 g/mol. The highest BCUT2D eigenvalue weighted by atomic mass is 16.5. The molecule has 21 heavy (non-hydrogen) atoms. The van der Waals surface area contributed by atoms with Crippen molar-refractivity contribution >= 4 is 5.97 Å². The number of allylic oxidation sites excluding steroid dienone is 2. The molecule has 1 aliphatic rings. The van der Waals surface area contributed by atoms with Crippen LogP contribution in [0.1, 0.15) is 73.6 Å². The quantitative estimate of drug-likeness (QED) is 0.801. The van der Waals surface area contributed by atoms with Crippen LogP contribution < -0.4 is 0 Å². The van der Waals surface area contributed by atoms with E-state index in [4.69, 9.17) is 9.84 Å². The van der Waals surface area contributed by atoms with Gasteiger partial charge in [-0.05, 0) is 45.1 Å². The van der Waals surface area contributed by atoms with Crippen molar-refractivity contribution in [3.63, 3.8) is 0 Å². The lowest BCUT2D eigenvalue weighted by molar-refractivity contribution is -0.162. The minimum atomic E-state index is -1.03. The Balaban J connectivity index is 0.000000690. The highest BCUT2D eigenvalue weighted by Gasteiger charge is 2.40. The summed E-state index contributed by atoms with van der Waals surface area (Å²) in [4.78, 5) is 11.2. The molecule has 0 bridgehead atoms. The predicted octanol–water partition coefficient (Wildman–Crippen LogP) is 4.13. The molecule has 0 amide bonds. The first-order valence-electron chi connectivity index (χ1n) is 8.04. The van der Waals surface area contributed by atoms with Gasteiger partial charge in [-0.1, -0.05) is 27.7 Å². The molecule has 0 aromatic carbocycles. The molecule has 1 rings (SSSR count). The Hall–Kier alpha value is -1.03. The highest BCUT2D eigenvalue weighted by molar-refractivity contribution is 5.77. The van der Waals surface area contributed by atoms with Gasteiger partial charge in [0, 0.05) is 12.3 Å². The van der Waals surface area contributed by atoms with Crippen molar-refractivity contribution in [2.24, 2.45) is 5.92 Å². The normalized spacial score (nSPS) is 24.5. The molecule has 3 atom stereocenters. The van der Waals surface area contributed by atoms with Crippen molar-refractivity contribution in [2.75, 3.05) is 0 Å². The average molecular weight is 300 g/mol. The molecule has 2 N–H and O–H groups in total. The zero-order valence-corrected chi connectivity index (χ0v) is 14.4. The van der Waals surface area contributed by atoms with E-state index in [1.807, 2.05) is 6.92 Å². The topological polar surface area (TPSA) is 66.8 Å². The summed E-state index contributed by atoms with van der Waals surface area (Å²) in [6.07, 6.45) is 4.10.